The van der Waals surface area contributed by atoms with Crippen molar-refractivity contribution in [3.63, 3.8) is 0 Å². The van der Waals surface area contributed by atoms with Gasteiger partial charge in [0.05, 0.1) is 4.90 Å². The summed E-state index contributed by atoms with van der Waals surface area (Å²) in [5.41, 5.74) is 4.34. The van der Waals surface area contributed by atoms with Gasteiger partial charge in [-0.25, -0.2) is 8.42 Å². The second-order valence-electron chi connectivity index (χ2n) is 7.71. The standard InChI is InChI=1S/C22H30N2O2S/c1-4-13-23-20-9-5-18-6-10-21(15-19(18)14-20)24-27(25,26)22-11-7-17(8-12-22)16(2)3/h6-8,10-12,15-16,20,23-24H,4-5,9,13-14H2,1-3H3. The second kappa shape index (κ2) is 8.44. The van der Waals surface area contributed by atoms with Crippen LogP contribution in [0.4, 0.5) is 5.69 Å². The Labute approximate surface area is 163 Å². The van der Waals surface area contributed by atoms with E-state index in [0.29, 0.717) is 22.5 Å². The third kappa shape index (κ3) is 4.90. The summed E-state index contributed by atoms with van der Waals surface area (Å²) in [5.74, 6) is 0.379. The molecular formula is C22H30N2O2S. The van der Waals surface area contributed by atoms with Crippen LogP contribution in [0, 0.1) is 0 Å². The van der Waals surface area contributed by atoms with Gasteiger partial charge in [0.15, 0.2) is 0 Å². The molecule has 0 aromatic heterocycles. The number of hydrogen-bond acceptors (Lipinski definition) is 3. The summed E-state index contributed by atoms with van der Waals surface area (Å²) in [6.07, 6.45) is 4.26. The largest absolute Gasteiger partial charge is 0.314 e. The van der Waals surface area contributed by atoms with Crippen molar-refractivity contribution in [3.05, 3.63) is 59.2 Å². The molecule has 0 heterocycles. The fraction of sp³-hybridized carbons (Fsp3) is 0.455. The van der Waals surface area contributed by atoms with E-state index in [1.165, 1.54) is 11.1 Å². The zero-order valence-electron chi connectivity index (χ0n) is 16.5. The highest BCUT2D eigenvalue weighted by atomic mass is 32.2. The van der Waals surface area contributed by atoms with Crippen molar-refractivity contribution >= 4 is 15.7 Å². The Morgan fingerprint density at radius 1 is 1.07 bits per heavy atom. The van der Waals surface area contributed by atoms with E-state index in [4.69, 9.17) is 0 Å². The predicted molar refractivity (Wildman–Crippen MR) is 112 cm³/mol. The molecule has 0 fully saturated rings. The van der Waals surface area contributed by atoms with Crippen LogP contribution < -0.4 is 10.0 Å². The Morgan fingerprint density at radius 2 is 1.81 bits per heavy atom. The first-order chi connectivity index (χ1) is 12.9. The molecule has 1 aliphatic rings. The van der Waals surface area contributed by atoms with Gasteiger partial charge in [-0.2, -0.15) is 0 Å². The van der Waals surface area contributed by atoms with E-state index in [2.05, 4.69) is 36.9 Å². The highest BCUT2D eigenvalue weighted by Crippen LogP contribution is 2.26. The molecule has 1 atom stereocenters. The normalized spacial score (nSPS) is 17.0. The lowest BCUT2D eigenvalue weighted by molar-refractivity contribution is 0.459. The third-order valence-corrected chi connectivity index (χ3v) is 6.62. The smallest absolute Gasteiger partial charge is 0.261 e. The Bertz CT molecular complexity index is 874. The van der Waals surface area contributed by atoms with Crippen LogP contribution >= 0.6 is 0 Å². The van der Waals surface area contributed by atoms with E-state index in [-0.39, 0.29) is 0 Å². The zero-order valence-corrected chi connectivity index (χ0v) is 17.3. The molecule has 0 radical (unpaired) electrons. The van der Waals surface area contributed by atoms with Crippen LogP contribution in [-0.4, -0.2) is 21.0 Å². The summed E-state index contributed by atoms with van der Waals surface area (Å²) >= 11 is 0. The highest BCUT2D eigenvalue weighted by molar-refractivity contribution is 7.92. The fourth-order valence-electron chi connectivity index (χ4n) is 3.59. The summed E-state index contributed by atoms with van der Waals surface area (Å²) in [6.45, 7) is 7.39. The molecule has 0 amide bonds. The van der Waals surface area contributed by atoms with Gasteiger partial charge in [0.1, 0.15) is 0 Å². The van der Waals surface area contributed by atoms with Gasteiger partial charge in [-0.1, -0.05) is 39.0 Å². The first-order valence-corrected chi connectivity index (χ1v) is 11.4. The lowest BCUT2D eigenvalue weighted by atomic mass is 9.88. The molecule has 4 nitrogen and oxygen atoms in total. The summed E-state index contributed by atoms with van der Waals surface area (Å²) in [6, 6.07) is 13.5. The second-order valence-corrected chi connectivity index (χ2v) is 9.39. The molecular weight excluding hydrogens is 356 g/mol. The summed E-state index contributed by atoms with van der Waals surface area (Å²) in [4.78, 5) is 0.298. The van der Waals surface area contributed by atoms with Gasteiger partial charge < -0.3 is 5.32 Å². The minimum absolute atomic E-state index is 0.298. The highest BCUT2D eigenvalue weighted by Gasteiger charge is 2.20. The predicted octanol–water partition coefficient (Wildman–Crippen LogP) is 4.47. The SMILES string of the molecule is CCCNC1CCc2ccc(NS(=O)(=O)c3ccc(C(C)C)cc3)cc2C1. The lowest BCUT2D eigenvalue weighted by Gasteiger charge is -2.26. The maximum Gasteiger partial charge on any atom is 0.261 e. The maximum atomic E-state index is 12.7. The van der Waals surface area contributed by atoms with Crippen molar-refractivity contribution in [2.45, 2.75) is 63.3 Å². The van der Waals surface area contributed by atoms with Gasteiger partial charge in [0.2, 0.25) is 0 Å². The van der Waals surface area contributed by atoms with Crippen LogP contribution in [0.15, 0.2) is 47.4 Å². The fourth-order valence-corrected chi connectivity index (χ4v) is 4.64. The summed E-state index contributed by atoms with van der Waals surface area (Å²) in [7, 11) is -3.58. The molecule has 146 valence electrons. The quantitative estimate of drug-likeness (QED) is 0.738. The number of aryl methyl sites for hydroxylation is 1. The number of hydrogen-bond donors (Lipinski definition) is 2. The molecule has 5 heteroatoms. The van der Waals surface area contributed by atoms with Gasteiger partial charge in [-0.15, -0.1) is 0 Å². The van der Waals surface area contributed by atoms with Gasteiger partial charge in [0, 0.05) is 11.7 Å². The molecule has 0 aliphatic heterocycles. The van der Waals surface area contributed by atoms with Crippen LogP contribution in [0.3, 0.4) is 0 Å². The minimum Gasteiger partial charge on any atom is -0.314 e. The molecule has 0 saturated carbocycles. The van der Waals surface area contributed by atoms with E-state index in [0.717, 1.165) is 37.8 Å². The minimum atomic E-state index is -3.58. The van der Waals surface area contributed by atoms with Crippen LogP contribution in [0.1, 0.15) is 56.2 Å². The average molecular weight is 387 g/mol. The van der Waals surface area contributed by atoms with Crippen molar-refractivity contribution < 1.29 is 8.42 Å². The molecule has 1 unspecified atom stereocenters. The van der Waals surface area contributed by atoms with Crippen molar-refractivity contribution in [1.29, 1.82) is 0 Å². The molecule has 0 saturated heterocycles. The van der Waals surface area contributed by atoms with Crippen LogP contribution in [0.25, 0.3) is 0 Å². The molecule has 2 aromatic carbocycles. The Kier molecular flexibility index (Phi) is 6.22. The monoisotopic (exact) mass is 386 g/mol. The topological polar surface area (TPSA) is 58.2 Å². The zero-order chi connectivity index (χ0) is 19.4. The summed E-state index contributed by atoms with van der Waals surface area (Å²) < 4.78 is 28.2. The number of nitrogens with one attached hydrogen (secondary N) is 2. The molecule has 0 bridgehead atoms. The van der Waals surface area contributed by atoms with E-state index in [1.54, 1.807) is 12.1 Å². The van der Waals surface area contributed by atoms with E-state index in [1.807, 2.05) is 24.3 Å². The van der Waals surface area contributed by atoms with Crippen LogP contribution in [0.5, 0.6) is 0 Å². The van der Waals surface area contributed by atoms with Gasteiger partial charge in [0.25, 0.3) is 10.0 Å². The van der Waals surface area contributed by atoms with Crippen molar-refractivity contribution in [3.8, 4) is 0 Å². The van der Waals surface area contributed by atoms with Gasteiger partial charge >= 0.3 is 0 Å². The van der Waals surface area contributed by atoms with Crippen molar-refractivity contribution in [2.24, 2.45) is 0 Å². The van der Waals surface area contributed by atoms with Crippen LogP contribution in [-0.2, 0) is 22.9 Å². The molecule has 2 aromatic rings. The maximum absolute atomic E-state index is 12.7. The van der Waals surface area contributed by atoms with E-state index < -0.39 is 10.0 Å². The molecule has 27 heavy (non-hydrogen) atoms. The number of benzene rings is 2. The van der Waals surface area contributed by atoms with Gasteiger partial charge in [-0.05, 0) is 79.1 Å². The first-order valence-electron chi connectivity index (χ1n) is 9.87. The summed E-state index contributed by atoms with van der Waals surface area (Å²) in [5, 5.41) is 3.58. The average Bonchev–Trinajstić information content (AvgIpc) is 2.65. The molecule has 1 aliphatic carbocycles. The van der Waals surface area contributed by atoms with Gasteiger partial charge in [-0.3, -0.25) is 4.72 Å². The Balaban J connectivity index is 1.75. The molecule has 3 rings (SSSR count). The Hall–Kier alpha value is -1.85. The third-order valence-electron chi connectivity index (χ3n) is 5.23. The van der Waals surface area contributed by atoms with Crippen molar-refractivity contribution in [1.82, 2.24) is 5.32 Å². The number of rotatable bonds is 7. The number of anilines is 1. The lowest BCUT2D eigenvalue weighted by Crippen LogP contribution is -2.35. The van der Waals surface area contributed by atoms with E-state index in [9.17, 15) is 8.42 Å². The van der Waals surface area contributed by atoms with E-state index >= 15 is 0 Å². The molecule has 0 spiro atoms. The van der Waals surface area contributed by atoms with Crippen molar-refractivity contribution in [2.75, 3.05) is 11.3 Å². The number of sulfonamides is 1. The number of fused-ring (bicyclic) bond motifs is 1. The molecule has 2 N–H and O–H groups in total. The first kappa shape index (κ1) is 19.9. The van der Waals surface area contributed by atoms with Crippen LogP contribution in [0.2, 0.25) is 0 Å². The Morgan fingerprint density at radius 3 is 2.48 bits per heavy atom.